The summed E-state index contributed by atoms with van der Waals surface area (Å²) in [6, 6.07) is 13.5. The van der Waals surface area contributed by atoms with Gasteiger partial charge in [-0.25, -0.2) is 29.0 Å². The SMILES string of the molecule is CC(C)(C)c1ccc(C(=O)OOOC(=O)OCCCCCCOC(=O)OOOC(=O)c2ccc(C(C)(C)C)cc2)cc1. The van der Waals surface area contributed by atoms with Crippen molar-refractivity contribution in [3.63, 3.8) is 0 Å². The first-order valence-electron chi connectivity index (χ1n) is 13.4. The van der Waals surface area contributed by atoms with E-state index in [0.29, 0.717) is 25.7 Å². The lowest BCUT2D eigenvalue weighted by molar-refractivity contribution is -0.452. The summed E-state index contributed by atoms with van der Waals surface area (Å²) < 4.78 is 9.61. The van der Waals surface area contributed by atoms with Crippen LogP contribution in [0.2, 0.25) is 0 Å². The number of unbranched alkanes of at least 4 members (excludes halogenated alkanes) is 3. The summed E-state index contributed by atoms with van der Waals surface area (Å²) >= 11 is 0. The van der Waals surface area contributed by atoms with Gasteiger partial charge in [-0.1, -0.05) is 65.8 Å². The molecule has 0 N–H and O–H groups in total. The van der Waals surface area contributed by atoms with Gasteiger partial charge in [0.25, 0.3) is 0 Å². The maximum Gasteiger partial charge on any atom is 0.543 e. The van der Waals surface area contributed by atoms with Crippen LogP contribution in [0.4, 0.5) is 9.59 Å². The van der Waals surface area contributed by atoms with Crippen LogP contribution >= 0.6 is 0 Å². The standard InChI is InChI=1S/C30H38O12/c1-29(2,3)23-15-11-21(12-16-23)25(31)37-41-39-27(33)35-19-9-7-8-10-20-36-28(34)40-42-38-26(32)22-13-17-24(18-14-22)30(4,5)6/h11-18H,7-10,19-20H2,1-6H3. The molecule has 0 aliphatic carbocycles. The maximum atomic E-state index is 11.9. The minimum absolute atomic E-state index is 0.0332. The van der Waals surface area contributed by atoms with Crippen LogP contribution in [0.25, 0.3) is 0 Å². The molecule has 0 fully saturated rings. The summed E-state index contributed by atoms with van der Waals surface area (Å²) in [5, 5.41) is 8.40. The van der Waals surface area contributed by atoms with E-state index in [-0.39, 0.29) is 35.2 Å². The van der Waals surface area contributed by atoms with Crippen molar-refractivity contribution in [1.29, 1.82) is 0 Å². The third-order valence-corrected chi connectivity index (χ3v) is 5.88. The second kappa shape index (κ2) is 16.3. The van der Waals surface area contributed by atoms with E-state index >= 15 is 0 Å². The van der Waals surface area contributed by atoms with E-state index in [1.165, 1.54) is 0 Å². The number of ether oxygens (including phenoxy) is 2. The van der Waals surface area contributed by atoms with Gasteiger partial charge in [-0.15, -0.1) is 0 Å². The molecule has 2 aromatic carbocycles. The molecule has 12 heteroatoms. The van der Waals surface area contributed by atoms with Crippen molar-refractivity contribution in [1.82, 2.24) is 0 Å². The summed E-state index contributed by atoms with van der Waals surface area (Å²) in [5.41, 5.74) is 2.40. The van der Waals surface area contributed by atoms with Crippen molar-refractivity contribution in [3.05, 3.63) is 70.8 Å². The van der Waals surface area contributed by atoms with Gasteiger partial charge in [0.2, 0.25) is 0 Å². The Morgan fingerprint density at radius 1 is 0.500 bits per heavy atom. The third kappa shape index (κ3) is 12.6. The van der Waals surface area contributed by atoms with Gasteiger partial charge >= 0.3 is 24.2 Å². The van der Waals surface area contributed by atoms with E-state index in [4.69, 9.17) is 9.47 Å². The van der Waals surface area contributed by atoms with Gasteiger partial charge in [0.15, 0.2) is 0 Å². The number of benzene rings is 2. The van der Waals surface area contributed by atoms with E-state index in [9.17, 15) is 19.2 Å². The molecule has 0 saturated heterocycles. The number of carbonyl (C=O) groups excluding carboxylic acids is 4. The van der Waals surface area contributed by atoms with Gasteiger partial charge in [0, 0.05) is 0 Å². The highest BCUT2D eigenvalue weighted by Crippen LogP contribution is 2.23. The highest BCUT2D eigenvalue weighted by atomic mass is 17.5. The topological polar surface area (TPSA) is 142 Å². The molecule has 42 heavy (non-hydrogen) atoms. The maximum absolute atomic E-state index is 11.9. The van der Waals surface area contributed by atoms with Crippen molar-refractivity contribution < 1.29 is 58.3 Å². The Kier molecular flexibility index (Phi) is 13.2. The molecule has 0 radical (unpaired) electrons. The lowest BCUT2D eigenvalue weighted by atomic mass is 9.87. The summed E-state index contributed by atoms with van der Waals surface area (Å²) in [7, 11) is 0. The molecule has 230 valence electrons. The Hall–Kier alpha value is -4.16. The Balaban J connectivity index is 1.45. The zero-order valence-electron chi connectivity index (χ0n) is 24.8. The Morgan fingerprint density at radius 3 is 1.14 bits per heavy atom. The zero-order valence-corrected chi connectivity index (χ0v) is 24.8. The van der Waals surface area contributed by atoms with Crippen molar-refractivity contribution in [3.8, 4) is 0 Å². The van der Waals surface area contributed by atoms with E-state index in [1.54, 1.807) is 48.5 Å². The molecular formula is C30H38O12. The predicted molar refractivity (Wildman–Crippen MR) is 147 cm³/mol. The fraction of sp³-hybridized carbons (Fsp3) is 0.467. The molecular weight excluding hydrogens is 552 g/mol. The van der Waals surface area contributed by atoms with E-state index < -0.39 is 24.2 Å². The lowest BCUT2D eigenvalue weighted by Gasteiger charge is -2.18. The average molecular weight is 591 g/mol. The van der Waals surface area contributed by atoms with Gasteiger partial charge in [-0.3, -0.25) is 9.78 Å². The highest BCUT2D eigenvalue weighted by molar-refractivity contribution is 5.89. The van der Waals surface area contributed by atoms with Crippen LogP contribution in [0.5, 0.6) is 0 Å². The van der Waals surface area contributed by atoms with Gasteiger partial charge in [-0.05, 0) is 71.9 Å². The van der Waals surface area contributed by atoms with Gasteiger partial charge in [0.1, 0.15) is 0 Å². The fourth-order valence-corrected chi connectivity index (χ4v) is 3.38. The average Bonchev–Trinajstić information content (AvgIpc) is 2.93. The first-order valence-corrected chi connectivity index (χ1v) is 13.4. The molecule has 0 amide bonds. The molecule has 0 aliphatic rings. The van der Waals surface area contributed by atoms with Crippen LogP contribution in [-0.4, -0.2) is 37.5 Å². The molecule has 0 saturated carbocycles. The summed E-state index contributed by atoms with van der Waals surface area (Å²) in [6.45, 7) is 12.3. The van der Waals surface area contributed by atoms with Crippen LogP contribution in [0.1, 0.15) is 99.1 Å². The molecule has 0 spiro atoms. The lowest BCUT2D eigenvalue weighted by Crippen LogP contribution is -2.14. The van der Waals surface area contributed by atoms with Crippen molar-refractivity contribution in [2.24, 2.45) is 0 Å². The molecule has 0 atom stereocenters. The highest BCUT2D eigenvalue weighted by Gasteiger charge is 2.18. The monoisotopic (exact) mass is 590 g/mol. The Labute approximate surface area is 244 Å². The van der Waals surface area contributed by atoms with Crippen LogP contribution < -0.4 is 0 Å². The molecule has 0 unspecified atom stereocenters. The van der Waals surface area contributed by atoms with Crippen molar-refractivity contribution in [2.45, 2.75) is 78.1 Å². The fourth-order valence-electron chi connectivity index (χ4n) is 3.38. The minimum Gasteiger partial charge on any atom is -0.432 e. The van der Waals surface area contributed by atoms with Crippen LogP contribution in [0.3, 0.4) is 0 Å². The summed E-state index contributed by atoms with van der Waals surface area (Å²) in [5.74, 6) is -1.66. The molecule has 12 nitrogen and oxygen atoms in total. The van der Waals surface area contributed by atoms with Gasteiger partial charge < -0.3 is 9.47 Å². The number of carbonyl (C=O) groups is 4. The summed E-state index contributed by atoms with van der Waals surface area (Å²) in [6.07, 6.45) is -0.0495. The predicted octanol–water partition coefficient (Wildman–Crippen LogP) is 6.86. The second-order valence-electron chi connectivity index (χ2n) is 11.3. The first-order chi connectivity index (χ1) is 19.8. The minimum atomic E-state index is -1.17. The molecule has 2 rings (SSSR count). The third-order valence-electron chi connectivity index (χ3n) is 5.88. The van der Waals surface area contributed by atoms with Gasteiger partial charge in [0.05, 0.1) is 34.4 Å². The smallest absolute Gasteiger partial charge is 0.432 e. The van der Waals surface area contributed by atoms with Crippen molar-refractivity contribution in [2.75, 3.05) is 13.2 Å². The second-order valence-corrected chi connectivity index (χ2v) is 11.3. The van der Waals surface area contributed by atoms with Crippen LogP contribution in [0, 0.1) is 0 Å². The van der Waals surface area contributed by atoms with E-state index in [2.05, 4.69) is 29.6 Å². The summed E-state index contributed by atoms with van der Waals surface area (Å²) in [4.78, 5) is 64.3. The molecule has 0 aliphatic heterocycles. The largest absolute Gasteiger partial charge is 0.543 e. The molecule has 2 aromatic rings. The van der Waals surface area contributed by atoms with E-state index in [0.717, 1.165) is 11.1 Å². The number of rotatable bonds is 13. The molecule has 0 bridgehead atoms. The van der Waals surface area contributed by atoms with Crippen LogP contribution in [-0.2, 0) is 49.9 Å². The number of hydrogen-bond acceptors (Lipinski definition) is 12. The van der Waals surface area contributed by atoms with Crippen LogP contribution in [0.15, 0.2) is 48.5 Å². The Bertz CT molecular complexity index is 1070. The Morgan fingerprint density at radius 2 is 0.833 bits per heavy atom. The van der Waals surface area contributed by atoms with Gasteiger partial charge in [-0.2, -0.15) is 0 Å². The first kappa shape index (κ1) is 34.0. The quantitative estimate of drug-likeness (QED) is 0.104. The number of hydrogen-bond donors (Lipinski definition) is 0. The van der Waals surface area contributed by atoms with E-state index in [1.807, 2.05) is 41.5 Å². The normalized spacial score (nSPS) is 11.3. The molecule has 0 heterocycles. The molecule has 0 aromatic heterocycles. The zero-order chi connectivity index (χ0) is 31.2. The van der Waals surface area contributed by atoms with Crippen molar-refractivity contribution >= 4 is 24.2 Å².